The Labute approximate surface area is 175 Å². The van der Waals surface area contributed by atoms with Crippen LogP contribution in [-0.2, 0) is 4.79 Å². The van der Waals surface area contributed by atoms with Crippen molar-refractivity contribution in [1.82, 2.24) is 4.98 Å². The van der Waals surface area contributed by atoms with Gasteiger partial charge in [0.25, 0.3) is 5.91 Å². The molecule has 0 saturated heterocycles. The summed E-state index contributed by atoms with van der Waals surface area (Å²) in [6.45, 7) is 2.02. The number of fused-ring (bicyclic) bond motifs is 1. The highest BCUT2D eigenvalue weighted by Crippen LogP contribution is 2.42. The minimum Gasteiger partial charge on any atom is -0.493 e. The van der Waals surface area contributed by atoms with Crippen molar-refractivity contribution in [2.45, 2.75) is 13.3 Å². The number of methoxy groups -OCH3 is 2. The van der Waals surface area contributed by atoms with Crippen LogP contribution in [0.3, 0.4) is 0 Å². The molecule has 0 aliphatic carbocycles. The smallest absolute Gasteiger partial charge is 0.258 e. The van der Waals surface area contributed by atoms with Crippen LogP contribution in [0.25, 0.3) is 16.8 Å². The van der Waals surface area contributed by atoms with Crippen LogP contribution in [-0.4, -0.2) is 25.1 Å². The highest BCUT2D eigenvalue weighted by atomic mass is 16.5. The lowest BCUT2D eigenvalue weighted by Crippen LogP contribution is -2.10. The summed E-state index contributed by atoms with van der Waals surface area (Å²) in [5, 5.41) is 6.34. The van der Waals surface area contributed by atoms with Crippen LogP contribution in [0, 0.1) is 0 Å². The van der Waals surface area contributed by atoms with E-state index < -0.39 is 0 Å². The predicted octanol–water partition coefficient (Wildman–Crippen LogP) is 4.95. The lowest BCUT2D eigenvalue weighted by molar-refractivity contribution is -0.110. The van der Waals surface area contributed by atoms with Gasteiger partial charge >= 0.3 is 0 Å². The molecule has 2 aromatic carbocycles. The fraction of sp³-hybridized carbons (Fsp3) is 0.167. The van der Waals surface area contributed by atoms with Gasteiger partial charge in [-0.15, -0.1) is 0 Å². The van der Waals surface area contributed by atoms with Crippen LogP contribution in [0.4, 0.5) is 11.4 Å². The monoisotopic (exact) mass is 401 g/mol. The van der Waals surface area contributed by atoms with Gasteiger partial charge in [0.05, 0.1) is 31.2 Å². The van der Waals surface area contributed by atoms with Gasteiger partial charge in [-0.05, 0) is 36.8 Å². The van der Waals surface area contributed by atoms with Crippen molar-refractivity contribution in [2.75, 3.05) is 24.9 Å². The van der Waals surface area contributed by atoms with Crippen LogP contribution in [0.15, 0.2) is 66.5 Å². The third-order valence-corrected chi connectivity index (χ3v) is 5.06. The Morgan fingerprint density at radius 3 is 2.40 bits per heavy atom. The van der Waals surface area contributed by atoms with Crippen molar-refractivity contribution in [3.8, 4) is 22.8 Å². The minimum absolute atomic E-state index is 0.144. The first kappa shape index (κ1) is 19.5. The van der Waals surface area contributed by atoms with Gasteiger partial charge < -0.3 is 20.1 Å². The van der Waals surface area contributed by atoms with Gasteiger partial charge in [0.2, 0.25) is 0 Å². The van der Waals surface area contributed by atoms with Crippen molar-refractivity contribution in [3.05, 3.63) is 72.1 Å². The number of allylic oxidation sites excluding steroid dienone is 1. The molecule has 1 aromatic heterocycles. The second kappa shape index (κ2) is 8.29. The van der Waals surface area contributed by atoms with E-state index in [1.807, 2.05) is 55.5 Å². The maximum Gasteiger partial charge on any atom is 0.258 e. The molecule has 0 bridgehead atoms. The van der Waals surface area contributed by atoms with Gasteiger partial charge in [-0.1, -0.05) is 25.1 Å². The number of hydrogen-bond donors (Lipinski definition) is 2. The number of carbonyl (C=O) groups excluding carboxylic acids is 1. The Kier molecular flexibility index (Phi) is 5.39. The van der Waals surface area contributed by atoms with Crippen LogP contribution in [0.2, 0.25) is 0 Å². The van der Waals surface area contributed by atoms with Crippen molar-refractivity contribution < 1.29 is 14.3 Å². The summed E-state index contributed by atoms with van der Waals surface area (Å²) in [7, 11) is 3.16. The molecule has 2 heterocycles. The van der Waals surface area contributed by atoms with Crippen molar-refractivity contribution >= 4 is 22.9 Å². The van der Waals surface area contributed by atoms with Gasteiger partial charge in [-0.2, -0.15) is 0 Å². The maximum absolute atomic E-state index is 12.8. The minimum atomic E-state index is -0.144. The van der Waals surface area contributed by atoms with E-state index in [4.69, 9.17) is 9.47 Å². The number of pyridine rings is 1. The number of rotatable bonds is 6. The van der Waals surface area contributed by atoms with E-state index in [1.54, 1.807) is 26.5 Å². The number of benzene rings is 2. The molecule has 0 radical (unpaired) electrons. The third-order valence-electron chi connectivity index (χ3n) is 5.06. The lowest BCUT2D eigenvalue weighted by Gasteiger charge is -2.14. The largest absolute Gasteiger partial charge is 0.493 e. The summed E-state index contributed by atoms with van der Waals surface area (Å²) < 4.78 is 10.8. The van der Waals surface area contributed by atoms with Crippen LogP contribution in [0.1, 0.15) is 18.9 Å². The SMILES string of the molecule is CC/C(Nc1ccc(-c2ccccn2)cc1)=C1/C(=O)Nc2cc(OC)c(OC)cc21. The van der Waals surface area contributed by atoms with E-state index in [-0.39, 0.29) is 5.91 Å². The number of carbonyl (C=O) groups is 1. The summed E-state index contributed by atoms with van der Waals surface area (Å²) in [6.07, 6.45) is 2.44. The summed E-state index contributed by atoms with van der Waals surface area (Å²) in [5.74, 6) is 1.02. The predicted molar refractivity (Wildman–Crippen MR) is 119 cm³/mol. The summed E-state index contributed by atoms with van der Waals surface area (Å²) >= 11 is 0. The molecule has 4 rings (SSSR count). The molecule has 3 aromatic rings. The molecule has 6 nitrogen and oxygen atoms in total. The van der Waals surface area contributed by atoms with E-state index in [0.29, 0.717) is 29.2 Å². The van der Waals surface area contributed by atoms with Crippen molar-refractivity contribution in [2.24, 2.45) is 0 Å². The van der Waals surface area contributed by atoms with Gasteiger partial charge in [0, 0.05) is 34.8 Å². The highest BCUT2D eigenvalue weighted by Gasteiger charge is 2.29. The number of nitrogens with zero attached hydrogens (tertiary/aromatic N) is 1. The van der Waals surface area contributed by atoms with Crippen molar-refractivity contribution in [1.29, 1.82) is 0 Å². The highest BCUT2D eigenvalue weighted by molar-refractivity contribution is 6.32. The molecule has 1 amide bonds. The van der Waals surface area contributed by atoms with E-state index in [2.05, 4.69) is 15.6 Å². The maximum atomic E-state index is 12.8. The Morgan fingerprint density at radius 2 is 1.77 bits per heavy atom. The van der Waals surface area contributed by atoms with E-state index in [0.717, 1.165) is 28.2 Å². The Balaban J connectivity index is 1.68. The molecule has 1 aliphatic heterocycles. The normalized spacial score (nSPS) is 14.0. The number of ether oxygens (including phenoxy) is 2. The molecule has 1 aliphatic rings. The van der Waals surface area contributed by atoms with E-state index in [1.165, 1.54) is 0 Å². The van der Waals surface area contributed by atoms with Crippen LogP contribution in [0.5, 0.6) is 11.5 Å². The molecular formula is C24H23N3O3. The molecule has 0 unspecified atom stereocenters. The molecule has 0 saturated carbocycles. The quantitative estimate of drug-likeness (QED) is 0.572. The van der Waals surface area contributed by atoms with Gasteiger partial charge in [0.1, 0.15) is 0 Å². The number of hydrogen-bond acceptors (Lipinski definition) is 5. The first-order valence-corrected chi connectivity index (χ1v) is 9.74. The van der Waals surface area contributed by atoms with Gasteiger partial charge in [0.15, 0.2) is 11.5 Å². The molecule has 30 heavy (non-hydrogen) atoms. The first-order valence-electron chi connectivity index (χ1n) is 9.74. The molecule has 6 heteroatoms. The lowest BCUT2D eigenvalue weighted by atomic mass is 10.0. The zero-order valence-corrected chi connectivity index (χ0v) is 17.2. The Bertz CT molecular complexity index is 1110. The van der Waals surface area contributed by atoms with Gasteiger partial charge in [-0.25, -0.2) is 0 Å². The fourth-order valence-corrected chi connectivity index (χ4v) is 3.56. The first-order chi connectivity index (χ1) is 14.6. The average Bonchev–Trinajstić information content (AvgIpc) is 3.12. The topological polar surface area (TPSA) is 72.5 Å². The number of aromatic nitrogens is 1. The summed E-state index contributed by atoms with van der Waals surface area (Å²) in [5.41, 5.74) is 5.82. The number of nitrogens with one attached hydrogen (secondary N) is 2. The zero-order chi connectivity index (χ0) is 21.1. The Hall–Kier alpha value is -3.80. The molecule has 0 atom stereocenters. The molecule has 0 fully saturated rings. The molecule has 0 spiro atoms. The average molecular weight is 401 g/mol. The fourth-order valence-electron chi connectivity index (χ4n) is 3.56. The summed E-state index contributed by atoms with van der Waals surface area (Å²) in [4.78, 5) is 17.1. The van der Waals surface area contributed by atoms with Crippen LogP contribution < -0.4 is 20.1 Å². The number of amides is 1. The second-order valence-electron chi connectivity index (χ2n) is 6.83. The Morgan fingerprint density at radius 1 is 1.03 bits per heavy atom. The van der Waals surface area contributed by atoms with E-state index >= 15 is 0 Å². The van der Waals surface area contributed by atoms with Crippen molar-refractivity contribution in [3.63, 3.8) is 0 Å². The van der Waals surface area contributed by atoms with Crippen LogP contribution >= 0.6 is 0 Å². The number of anilines is 2. The molecule has 152 valence electrons. The van der Waals surface area contributed by atoms with Gasteiger partial charge in [-0.3, -0.25) is 9.78 Å². The van der Waals surface area contributed by atoms with E-state index in [9.17, 15) is 4.79 Å². The third kappa shape index (κ3) is 3.59. The molecule has 2 N–H and O–H groups in total. The molecular weight excluding hydrogens is 378 g/mol. The standard InChI is InChI=1S/C24H23N3O3/c1-4-18(26-16-10-8-15(9-11-16)19-7-5-6-12-25-19)23-17-13-21(29-2)22(30-3)14-20(17)27-24(23)28/h5-14,26H,4H2,1-3H3,(H,27,28)/b23-18-. The zero-order valence-electron chi connectivity index (χ0n) is 17.2. The second-order valence-corrected chi connectivity index (χ2v) is 6.83. The summed E-state index contributed by atoms with van der Waals surface area (Å²) in [6, 6.07) is 17.5.